The molecule has 0 saturated carbocycles. The zero-order valence-corrected chi connectivity index (χ0v) is 16.1. The Morgan fingerprint density at radius 1 is 1.41 bits per heavy atom. The van der Waals surface area contributed by atoms with Gasteiger partial charge in [0.15, 0.2) is 15.5 Å². The van der Waals surface area contributed by atoms with Crippen LogP contribution in [0.2, 0.25) is 0 Å². The molecule has 1 aromatic heterocycles. The van der Waals surface area contributed by atoms with Crippen LogP contribution in [-0.2, 0) is 9.84 Å². The molecule has 2 aromatic rings. The Labute approximate surface area is 158 Å². The Hall–Kier alpha value is -2.39. The zero-order valence-electron chi connectivity index (χ0n) is 15.3. The summed E-state index contributed by atoms with van der Waals surface area (Å²) >= 11 is 0. The summed E-state index contributed by atoms with van der Waals surface area (Å²) in [7, 11) is -1.52. The highest BCUT2D eigenvalue weighted by atomic mass is 32.2. The lowest BCUT2D eigenvalue weighted by molar-refractivity contribution is 0.0916. The molecule has 9 heteroatoms. The highest BCUT2D eigenvalue weighted by Gasteiger charge is 2.32. The molecule has 1 aliphatic rings. The minimum atomic E-state index is -3.10. The number of hydrogen-bond donors (Lipinski definition) is 2. The fraction of sp³-hybridized carbons (Fsp3) is 0.444. The predicted molar refractivity (Wildman–Crippen MR) is 101 cm³/mol. The number of sulfone groups is 1. The number of rotatable bonds is 6. The van der Waals surface area contributed by atoms with Crippen molar-refractivity contribution in [2.24, 2.45) is 0 Å². The molecule has 2 atom stereocenters. The van der Waals surface area contributed by atoms with E-state index in [1.165, 1.54) is 0 Å². The van der Waals surface area contributed by atoms with Gasteiger partial charge in [0.2, 0.25) is 0 Å². The van der Waals surface area contributed by atoms with Crippen molar-refractivity contribution in [2.45, 2.75) is 25.4 Å². The Bertz CT molecular complexity index is 921. The minimum absolute atomic E-state index is 0.00589. The summed E-state index contributed by atoms with van der Waals surface area (Å²) in [6, 6.07) is 8.20. The molecule has 0 radical (unpaired) electrons. The van der Waals surface area contributed by atoms with Crippen molar-refractivity contribution in [3.8, 4) is 17.0 Å². The Balaban J connectivity index is 1.99. The molecule has 0 unspecified atom stereocenters. The van der Waals surface area contributed by atoms with Crippen molar-refractivity contribution >= 4 is 15.7 Å². The van der Waals surface area contributed by atoms with E-state index in [1.807, 2.05) is 12.1 Å². The molecule has 0 spiro atoms. The standard InChI is InChI=1S/C18H23N3O5S/c1-12(10-22)19-18(23)16-9-17(13-3-5-15(26-2)6-4-13)21(20-16)14-7-8-27(24,25)11-14/h3-6,9,12,14,22H,7-8,10-11H2,1-2H3,(H,19,23)/t12-,14+/m0/s1. The van der Waals surface area contributed by atoms with Gasteiger partial charge in [-0.1, -0.05) is 0 Å². The maximum atomic E-state index is 12.4. The second-order valence-corrected chi connectivity index (χ2v) is 8.93. The molecule has 1 aliphatic heterocycles. The lowest BCUT2D eigenvalue weighted by Crippen LogP contribution is -2.35. The molecule has 1 saturated heterocycles. The summed E-state index contributed by atoms with van der Waals surface area (Å²) in [5.41, 5.74) is 1.66. The molecule has 8 nitrogen and oxygen atoms in total. The number of benzene rings is 1. The lowest BCUT2D eigenvalue weighted by Gasteiger charge is -2.13. The van der Waals surface area contributed by atoms with E-state index >= 15 is 0 Å². The van der Waals surface area contributed by atoms with Crippen LogP contribution < -0.4 is 10.1 Å². The number of aliphatic hydroxyl groups is 1. The summed E-state index contributed by atoms with van der Waals surface area (Å²) in [5.74, 6) is 0.406. The minimum Gasteiger partial charge on any atom is -0.497 e. The van der Waals surface area contributed by atoms with Gasteiger partial charge in [-0.15, -0.1) is 0 Å². The molecule has 0 aliphatic carbocycles. The first-order chi connectivity index (χ1) is 12.8. The second-order valence-electron chi connectivity index (χ2n) is 6.70. The van der Waals surface area contributed by atoms with Gasteiger partial charge < -0.3 is 15.2 Å². The number of hydrogen-bond acceptors (Lipinski definition) is 6. The molecule has 0 bridgehead atoms. The molecule has 27 heavy (non-hydrogen) atoms. The van der Waals surface area contributed by atoms with Crippen LogP contribution in [0.5, 0.6) is 5.75 Å². The molecule has 2 heterocycles. The van der Waals surface area contributed by atoms with Gasteiger partial charge in [0, 0.05) is 11.6 Å². The smallest absolute Gasteiger partial charge is 0.272 e. The third kappa shape index (κ3) is 4.30. The predicted octanol–water partition coefficient (Wildman–Crippen LogP) is 1.03. The van der Waals surface area contributed by atoms with Gasteiger partial charge >= 0.3 is 0 Å². The lowest BCUT2D eigenvalue weighted by atomic mass is 10.1. The maximum absolute atomic E-state index is 12.4. The van der Waals surface area contributed by atoms with Crippen LogP contribution in [0.4, 0.5) is 0 Å². The summed E-state index contributed by atoms with van der Waals surface area (Å²) in [5, 5.41) is 16.2. The molecular formula is C18H23N3O5S. The van der Waals surface area contributed by atoms with E-state index in [2.05, 4.69) is 10.4 Å². The fourth-order valence-corrected chi connectivity index (χ4v) is 4.76. The van der Waals surface area contributed by atoms with Crippen molar-refractivity contribution in [2.75, 3.05) is 25.2 Å². The van der Waals surface area contributed by atoms with Crippen LogP contribution in [0.25, 0.3) is 11.3 Å². The molecule has 1 fully saturated rings. The van der Waals surface area contributed by atoms with Crippen molar-refractivity contribution in [3.05, 3.63) is 36.0 Å². The maximum Gasteiger partial charge on any atom is 0.272 e. The number of nitrogens with zero attached hydrogens (tertiary/aromatic N) is 2. The number of nitrogens with one attached hydrogen (secondary N) is 1. The number of carbonyl (C=O) groups is 1. The molecular weight excluding hydrogens is 370 g/mol. The zero-order chi connectivity index (χ0) is 19.6. The summed E-state index contributed by atoms with van der Waals surface area (Å²) in [6.45, 7) is 1.50. The summed E-state index contributed by atoms with van der Waals surface area (Å²) < 4.78 is 30.6. The van der Waals surface area contributed by atoms with E-state index < -0.39 is 21.8 Å². The molecule has 146 valence electrons. The van der Waals surface area contributed by atoms with Gasteiger partial charge in [0.05, 0.1) is 37.0 Å². The third-order valence-corrected chi connectivity index (χ3v) is 6.31. The highest BCUT2D eigenvalue weighted by Crippen LogP contribution is 2.31. The van der Waals surface area contributed by atoms with E-state index in [0.717, 1.165) is 5.56 Å². The van der Waals surface area contributed by atoms with Crippen LogP contribution in [0.3, 0.4) is 0 Å². The SMILES string of the molecule is COc1ccc(-c2cc(C(=O)N[C@@H](C)CO)nn2[C@@H]2CCS(=O)(=O)C2)cc1. The van der Waals surface area contributed by atoms with E-state index in [4.69, 9.17) is 9.84 Å². The first kappa shape index (κ1) is 19.4. The van der Waals surface area contributed by atoms with Crippen LogP contribution in [-0.4, -0.2) is 60.5 Å². The largest absolute Gasteiger partial charge is 0.497 e. The van der Waals surface area contributed by atoms with E-state index in [1.54, 1.807) is 36.9 Å². The van der Waals surface area contributed by atoms with Gasteiger partial charge in [-0.05, 0) is 43.7 Å². The van der Waals surface area contributed by atoms with Crippen LogP contribution in [0, 0.1) is 0 Å². The summed E-state index contributed by atoms with van der Waals surface area (Å²) in [4.78, 5) is 12.4. The van der Waals surface area contributed by atoms with E-state index in [0.29, 0.717) is 17.9 Å². The van der Waals surface area contributed by atoms with Gasteiger partial charge in [-0.3, -0.25) is 9.48 Å². The van der Waals surface area contributed by atoms with Crippen molar-refractivity contribution < 1.29 is 23.1 Å². The summed E-state index contributed by atoms with van der Waals surface area (Å²) in [6.07, 6.45) is 0.460. The molecule has 3 rings (SSSR count). The van der Waals surface area contributed by atoms with Gasteiger partial charge in [0.1, 0.15) is 5.75 Å². The Kier molecular flexibility index (Phi) is 5.52. The van der Waals surface area contributed by atoms with Gasteiger partial charge in [0.25, 0.3) is 5.91 Å². The molecule has 1 amide bonds. The number of ether oxygens (including phenoxy) is 1. The number of aliphatic hydroxyl groups excluding tert-OH is 1. The second kappa shape index (κ2) is 7.69. The first-order valence-corrected chi connectivity index (χ1v) is 10.5. The topological polar surface area (TPSA) is 111 Å². The van der Waals surface area contributed by atoms with Crippen LogP contribution >= 0.6 is 0 Å². The van der Waals surface area contributed by atoms with Gasteiger partial charge in [-0.25, -0.2) is 8.42 Å². The number of carbonyl (C=O) groups excluding carboxylic acids is 1. The Morgan fingerprint density at radius 3 is 2.67 bits per heavy atom. The van der Waals surface area contributed by atoms with Crippen molar-refractivity contribution in [1.29, 1.82) is 0 Å². The average Bonchev–Trinajstić information content (AvgIpc) is 3.25. The van der Waals surface area contributed by atoms with E-state index in [-0.39, 0.29) is 29.8 Å². The number of amides is 1. The van der Waals surface area contributed by atoms with Crippen molar-refractivity contribution in [1.82, 2.24) is 15.1 Å². The fourth-order valence-electron chi connectivity index (χ4n) is 3.07. The quantitative estimate of drug-likeness (QED) is 0.758. The molecule has 2 N–H and O–H groups in total. The van der Waals surface area contributed by atoms with Crippen molar-refractivity contribution in [3.63, 3.8) is 0 Å². The average molecular weight is 393 g/mol. The monoisotopic (exact) mass is 393 g/mol. The number of methoxy groups -OCH3 is 1. The highest BCUT2D eigenvalue weighted by molar-refractivity contribution is 7.91. The molecule has 1 aromatic carbocycles. The third-order valence-electron chi connectivity index (χ3n) is 4.56. The van der Waals surface area contributed by atoms with E-state index in [9.17, 15) is 13.2 Å². The van der Waals surface area contributed by atoms with Gasteiger partial charge in [-0.2, -0.15) is 5.10 Å². The normalized spacial score (nSPS) is 19.6. The number of aromatic nitrogens is 2. The van der Waals surface area contributed by atoms with Crippen LogP contribution in [0.15, 0.2) is 30.3 Å². The Morgan fingerprint density at radius 2 is 2.11 bits per heavy atom. The van der Waals surface area contributed by atoms with Crippen LogP contribution in [0.1, 0.15) is 29.9 Å². The first-order valence-electron chi connectivity index (χ1n) is 8.69.